The number of rotatable bonds is 3. The highest BCUT2D eigenvalue weighted by Gasteiger charge is 2.24. The third-order valence-electron chi connectivity index (χ3n) is 4.41. The second-order valence-corrected chi connectivity index (χ2v) is 6.45. The van der Waals surface area contributed by atoms with Crippen molar-refractivity contribution in [1.29, 1.82) is 0 Å². The zero-order chi connectivity index (χ0) is 14.7. The molecule has 3 heteroatoms. The molecule has 1 fully saturated rings. The molecule has 21 heavy (non-hydrogen) atoms. The Hall–Kier alpha value is -1.61. The van der Waals surface area contributed by atoms with Crippen LogP contribution in [0.1, 0.15) is 47.2 Å². The van der Waals surface area contributed by atoms with E-state index in [9.17, 15) is 4.79 Å². The smallest absolute Gasteiger partial charge is 0.253 e. The van der Waals surface area contributed by atoms with E-state index in [4.69, 9.17) is 0 Å². The summed E-state index contributed by atoms with van der Waals surface area (Å²) < 4.78 is 0. The zero-order valence-electron chi connectivity index (χ0n) is 12.4. The molecule has 0 unspecified atom stereocenters. The van der Waals surface area contributed by atoms with Crippen LogP contribution in [-0.2, 0) is 6.42 Å². The molecule has 1 amide bonds. The minimum Gasteiger partial charge on any atom is -0.339 e. The van der Waals surface area contributed by atoms with Gasteiger partial charge in [-0.3, -0.25) is 4.79 Å². The van der Waals surface area contributed by atoms with Gasteiger partial charge in [-0.2, -0.15) is 11.3 Å². The van der Waals surface area contributed by atoms with Crippen LogP contribution in [0.2, 0.25) is 0 Å². The standard InChI is InChI=1S/C18H21NOS/c1-2-14-3-5-16(6-4-14)18(20)19-10-7-15(8-11-19)17-9-12-21-13-17/h3-6,9,12-13,15H,2,7-8,10-11H2,1H3. The summed E-state index contributed by atoms with van der Waals surface area (Å²) in [5.41, 5.74) is 3.54. The van der Waals surface area contributed by atoms with Crippen molar-refractivity contribution in [3.63, 3.8) is 0 Å². The number of hydrogen-bond acceptors (Lipinski definition) is 2. The molecule has 3 rings (SSSR count). The van der Waals surface area contributed by atoms with Crippen LogP contribution in [0.4, 0.5) is 0 Å². The van der Waals surface area contributed by atoms with Gasteiger partial charge in [0.1, 0.15) is 0 Å². The van der Waals surface area contributed by atoms with Crippen LogP contribution in [0.15, 0.2) is 41.1 Å². The van der Waals surface area contributed by atoms with Crippen molar-refractivity contribution in [3.05, 3.63) is 57.8 Å². The fraction of sp³-hybridized carbons (Fsp3) is 0.389. The molecule has 0 spiro atoms. The second-order valence-electron chi connectivity index (χ2n) is 5.67. The molecule has 2 aromatic rings. The van der Waals surface area contributed by atoms with Crippen LogP contribution < -0.4 is 0 Å². The first-order valence-corrected chi connectivity index (χ1v) is 8.62. The molecular formula is C18H21NOS. The molecule has 1 saturated heterocycles. The maximum absolute atomic E-state index is 12.5. The van der Waals surface area contributed by atoms with Crippen LogP contribution in [0.25, 0.3) is 0 Å². The van der Waals surface area contributed by atoms with Gasteiger partial charge < -0.3 is 4.90 Å². The minimum absolute atomic E-state index is 0.182. The third-order valence-corrected chi connectivity index (χ3v) is 5.11. The van der Waals surface area contributed by atoms with Gasteiger partial charge in [0.05, 0.1) is 0 Å². The first-order valence-electron chi connectivity index (χ1n) is 7.68. The quantitative estimate of drug-likeness (QED) is 0.826. The molecule has 110 valence electrons. The Bertz CT molecular complexity index is 580. The predicted octanol–water partition coefficient (Wildman–Crippen LogP) is 4.33. The van der Waals surface area contributed by atoms with Gasteiger partial charge in [-0.15, -0.1) is 0 Å². The molecular weight excluding hydrogens is 278 g/mol. The molecule has 0 N–H and O–H groups in total. The van der Waals surface area contributed by atoms with Gasteiger partial charge in [0.2, 0.25) is 0 Å². The van der Waals surface area contributed by atoms with Gasteiger partial charge in [0, 0.05) is 18.7 Å². The number of thiophene rings is 1. The highest BCUT2D eigenvalue weighted by molar-refractivity contribution is 7.07. The third kappa shape index (κ3) is 3.18. The number of nitrogens with zero attached hydrogens (tertiary/aromatic N) is 1. The lowest BCUT2D eigenvalue weighted by molar-refractivity contribution is 0.0713. The number of carbonyl (C=O) groups excluding carboxylic acids is 1. The Balaban J connectivity index is 1.62. The van der Waals surface area contributed by atoms with Gasteiger partial charge >= 0.3 is 0 Å². The SMILES string of the molecule is CCc1ccc(C(=O)N2CCC(c3ccsc3)CC2)cc1. The number of carbonyl (C=O) groups is 1. The molecule has 0 aliphatic carbocycles. The summed E-state index contributed by atoms with van der Waals surface area (Å²) in [6, 6.07) is 10.3. The fourth-order valence-electron chi connectivity index (χ4n) is 2.99. The first-order chi connectivity index (χ1) is 10.3. The minimum atomic E-state index is 0.182. The van der Waals surface area contributed by atoms with E-state index in [1.165, 1.54) is 11.1 Å². The topological polar surface area (TPSA) is 20.3 Å². The van der Waals surface area contributed by atoms with Crippen molar-refractivity contribution < 1.29 is 4.79 Å². The zero-order valence-corrected chi connectivity index (χ0v) is 13.2. The van der Waals surface area contributed by atoms with Crippen LogP contribution in [-0.4, -0.2) is 23.9 Å². The van der Waals surface area contributed by atoms with E-state index in [-0.39, 0.29) is 5.91 Å². The molecule has 2 nitrogen and oxygen atoms in total. The maximum atomic E-state index is 12.5. The average molecular weight is 299 g/mol. The summed E-state index contributed by atoms with van der Waals surface area (Å²) in [7, 11) is 0. The molecule has 0 bridgehead atoms. The number of benzene rings is 1. The highest BCUT2D eigenvalue weighted by atomic mass is 32.1. The predicted molar refractivity (Wildman–Crippen MR) is 88.0 cm³/mol. The molecule has 2 heterocycles. The summed E-state index contributed by atoms with van der Waals surface area (Å²) in [6.07, 6.45) is 3.17. The van der Waals surface area contributed by atoms with Crippen molar-refractivity contribution in [2.24, 2.45) is 0 Å². The molecule has 0 atom stereocenters. The highest BCUT2D eigenvalue weighted by Crippen LogP contribution is 2.29. The van der Waals surface area contributed by atoms with Gasteiger partial charge in [-0.05, 0) is 65.3 Å². The van der Waals surface area contributed by atoms with E-state index in [0.717, 1.165) is 37.9 Å². The lowest BCUT2D eigenvalue weighted by atomic mass is 9.91. The summed E-state index contributed by atoms with van der Waals surface area (Å²) >= 11 is 1.76. The number of hydrogen-bond donors (Lipinski definition) is 0. The summed E-state index contributed by atoms with van der Waals surface area (Å²) in [4.78, 5) is 14.5. The number of piperidine rings is 1. The monoisotopic (exact) mass is 299 g/mol. The van der Waals surface area contributed by atoms with E-state index in [0.29, 0.717) is 5.92 Å². The van der Waals surface area contributed by atoms with Crippen molar-refractivity contribution in [2.45, 2.75) is 32.1 Å². The lowest BCUT2D eigenvalue weighted by Gasteiger charge is -2.32. The van der Waals surface area contributed by atoms with Crippen molar-refractivity contribution in [2.75, 3.05) is 13.1 Å². The molecule has 0 saturated carbocycles. The van der Waals surface area contributed by atoms with Crippen molar-refractivity contribution in [3.8, 4) is 0 Å². The molecule has 1 aliphatic rings. The average Bonchev–Trinajstić information content (AvgIpc) is 3.09. The van der Waals surface area contributed by atoms with E-state index >= 15 is 0 Å². The Labute approximate surface area is 130 Å². The molecule has 1 aromatic carbocycles. The Morgan fingerprint density at radius 1 is 1.19 bits per heavy atom. The van der Waals surface area contributed by atoms with Gasteiger partial charge in [-0.25, -0.2) is 0 Å². The van der Waals surface area contributed by atoms with Gasteiger partial charge in [0.15, 0.2) is 0 Å². The second kappa shape index (κ2) is 6.44. The van der Waals surface area contributed by atoms with Crippen LogP contribution in [0, 0.1) is 0 Å². The van der Waals surface area contributed by atoms with Gasteiger partial charge in [-0.1, -0.05) is 19.1 Å². The van der Waals surface area contributed by atoms with Crippen molar-refractivity contribution in [1.82, 2.24) is 4.90 Å². The summed E-state index contributed by atoms with van der Waals surface area (Å²) in [6.45, 7) is 3.87. The normalized spacial score (nSPS) is 16.1. The van der Waals surface area contributed by atoms with E-state index in [1.807, 2.05) is 17.0 Å². The molecule has 1 aliphatic heterocycles. The number of aryl methyl sites for hydroxylation is 1. The number of likely N-dealkylation sites (tertiary alicyclic amines) is 1. The Morgan fingerprint density at radius 3 is 2.48 bits per heavy atom. The van der Waals surface area contributed by atoms with Crippen LogP contribution >= 0.6 is 11.3 Å². The van der Waals surface area contributed by atoms with E-state index in [2.05, 4.69) is 35.9 Å². The van der Waals surface area contributed by atoms with Crippen molar-refractivity contribution >= 4 is 17.2 Å². The first kappa shape index (κ1) is 14.3. The number of amides is 1. The fourth-order valence-corrected chi connectivity index (χ4v) is 3.73. The summed E-state index contributed by atoms with van der Waals surface area (Å²) in [5, 5.41) is 4.38. The lowest BCUT2D eigenvalue weighted by Crippen LogP contribution is -2.37. The molecule has 1 aromatic heterocycles. The van der Waals surface area contributed by atoms with Crippen LogP contribution in [0.3, 0.4) is 0 Å². The maximum Gasteiger partial charge on any atom is 0.253 e. The summed E-state index contributed by atoms with van der Waals surface area (Å²) in [5.74, 6) is 0.809. The van der Waals surface area contributed by atoms with Crippen LogP contribution in [0.5, 0.6) is 0 Å². The Morgan fingerprint density at radius 2 is 1.90 bits per heavy atom. The molecule has 0 radical (unpaired) electrons. The van der Waals surface area contributed by atoms with E-state index < -0.39 is 0 Å². The van der Waals surface area contributed by atoms with Gasteiger partial charge in [0.25, 0.3) is 5.91 Å². The largest absolute Gasteiger partial charge is 0.339 e. The van der Waals surface area contributed by atoms with E-state index in [1.54, 1.807) is 11.3 Å². The Kier molecular flexibility index (Phi) is 4.39.